The summed E-state index contributed by atoms with van der Waals surface area (Å²) in [6.45, 7) is 0.146. The van der Waals surface area contributed by atoms with Crippen molar-refractivity contribution in [2.45, 2.75) is 17.5 Å². The van der Waals surface area contributed by atoms with Crippen molar-refractivity contribution in [1.82, 2.24) is 29.8 Å². The van der Waals surface area contributed by atoms with Crippen LogP contribution in [0, 0.1) is 4.91 Å². The van der Waals surface area contributed by atoms with Crippen molar-refractivity contribution in [3.05, 3.63) is 77.1 Å². The zero-order chi connectivity index (χ0) is 19.3. The fourth-order valence-corrected chi connectivity index (χ4v) is 3.58. The zero-order valence-corrected chi connectivity index (χ0v) is 16.0. The van der Waals surface area contributed by atoms with Gasteiger partial charge in [-0.3, -0.25) is 0 Å². The molecular formula is C19H17N7OS. The third kappa shape index (κ3) is 3.99. The van der Waals surface area contributed by atoms with Crippen LogP contribution in [0.5, 0.6) is 0 Å². The molecule has 0 bridgehead atoms. The normalized spacial score (nSPS) is 10.9. The Kier molecular flexibility index (Phi) is 5.24. The number of hydrogen-bond donors (Lipinski definition) is 0. The largest absolute Gasteiger partial charge is 0.312 e. The van der Waals surface area contributed by atoms with Crippen molar-refractivity contribution < 1.29 is 0 Å². The van der Waals surface area contributed by atoms with Crippen LogP contribution in [-0.2, 0) is 19.3 Å². The molecule has 2 heterocycles. The minimum Gasteiger partial charge on any atom is -0.312 e. The van der Waals surface area contributed by atoms with Gasteiger partial charge in [0.15, 0.2) is 5.16 Å². The van der Waals surface area contributed by atoms with E-state index in [2.05, 4.69) is 37.7 Å². The van der Waals surface area contributed by atoms with Gasteiger partial charge in [-0.15, -0.1) is 15.3 Å². The average molecular weight is 391 g/mol. The van der Waals surface area contributed by atoms with Gasteiger partial charge in [0.1, 0.15) is 18.6 Å². The second-order valence-corrected chi connectivity index (χ2v) is 7.13. The summed E-state index contributed by atoms with van der Waals surface area (Å²) in [6.07, 6.45) is 3.41. The van der Waals surface area contributed by atoms with E-state index >= 15 is 0 Å². The first-order valence-corrected chi connectivity index (χ1v) is 9.58. The molecule has 28 heavy (non-hydrogen) atoms. The number of aromatic nitrogens is 6. The molecule has 4 rings (SSSR count). The molecule has 4 aromatic rings. The summed E-state index contributed by atoms with van der Waals surface area (Å²) < 4.78 is 1.89. The standard InChI is InChI=1S/C19H17N7OS/c1-25-13-20-23-19(25)28-12-15-5-3-7-17(9-15)26-21-11-18(24-26)16-6-2-4-14(8-16)10-22-27/h2-9,11,13H,10,12H2,1H3. The Labute approximate surface area is 165 Å². The van der Waals surface area contributed by atoms with Crippen molar-refractivity contribution >= 4 is 11.8 Å². The summed E-state index contributed by atoms with van der Waals surface area (Å²) in [5.74, 6) is 0.773. The van der Waals surface area contributed by atoms with E-state index in [0.29, 0.717) is 0 Å². The molecule has 140 valence electrons. The molecular weight excluding hydrogens is 374 g/mol. The van der Waals surface area contributed by atoms with Gasteiger partial charge in [0.05, 0.1) is 11.9 Å². The predicted octanol–water partition coefficient (Wildman–Crippen LogP) is 3.62. The highest BCUT2D eigenvalue weighted by atomic mass is 32.2. The van der Waals surface area contributed by atoms with Gasteiger partial charge in [0.25, 0.3) is 0 Å². The van der Waals surface area contributed by atoms with Gasteiger partial charge in [-0.25, -0.2) is 0 Å². The Hall–Kier alpha value is -3.33. The van der Waals surface area contributed by atoms with Gasteiger partial charge < -0.3 is 4.57 Å². The van der Waals surface area contributed by atoms with Gasteiger partial charge in [0.2, 0.25) is 0 Å². The number of hydrogen-bond acceptors (Lipinski definition) is 7. The van der Waals surface area contributed by atoms with Crippen molar-refractivity contribution in [3.8, 4) is 16.9 Å². The molecule has 0 spiro atoms. The highest BCUT2D eigenvalue weighted by Crippen LogP contribution is 2.22. The number of nitroso groups, excluding NO2 is 1. The number of benzene rings is 2. The first-order chi connectivity index (χ1) is 13.7. The first-order valence-electron chi connectivity index (χ1n) is 8.60. The van der Waals surface area contributed by atoms with Crippen LogP contribution < -0.4 is 0 Å². The van der Waals surface area contributed by atoms with Crippen LogP contribution in [0.1, 0.15) is 11.1 Å². The maximum absolute atomic E-state index is 10.5. The second-order valence-electron chi connectivity index (χ2n) is 6.19. The average Bonchev–Trinajstić information content (AvgIpc) is 3.36. The Morgan fingerprint density at radius 3 is 2.79 bits per heavy atom. The van der Waals surface area contributed by atoms with E-state index in [0.717, 1.165) is 39.0 Å². The molecule has 0 aliphatic rings. The van der Waals surface area contributed by atoms with Crippen LogP contribution >= 0.6 is 11.8 Å². The third-order valence-electron chi connectivity index (χ3n) is 4.14. The van der Waals surface area contributed by atoms with E-state index in [-0.39, 0.29) is 6.54 Å². The van der Waals surface area contributed by atoms with E-state index in [1.807, 2.05) is 48.0 Å². The lowest BCUT2D eigenvalue weighted by Crippen LogP contribution is -1.99. The summed E-state index contributed by atoms with van der Waals surface area (Å²) in [5.41, 5.74) is 4.52. The molecule has 0 saturated carbocycles. The molecule has 9 heteroatoms. The molecule has 0 aliphatic carbocycles. The van der Waals surface area contributed by atoms with Gasteiger partial charge in [-0.2, -0.15) is 14.8 Å². The molecule has 0 fully saturated rings. The monoisotopic (exact) mass is 391 g/mol. The maximum Gasteiger partial charge on any atom is 0.191 e. The lowest BCUT2D eigenvalue weighted by Gasteiger charge is -2.04. The van der Waals surface area contributed by atoms with Crippen LogP contribution in [0.15, 0.2) is 71.4 Å². The fraction of sp³-hybridized carbons (Fsp3) is 0.158. The zero-order valence-electron chi connectivity index (χ0n) is 15.1. The minimum absolute atomic E-state index is 0.146. The molecule has 0 atom stereocenters. The third-order valence-corrected chi connectivity index (χ3v) is 5.25. The lowest BCUT2D eigenvalue weighted by molar-refractivity contribution is 0.753. The second kappa shape index (κ2) is 8.13. The smallest absolute Gasteiger partial charge is 0.191 e. The van der Waals surface area contributed by atoms with Crippen molar-refractivity contribution in [2.75, 3.05) is 0 Å². The van der Waals surface area contributed by atoms with E-state index in [9.17, 15) is 4.91 Å². The Balaban J connectivity index is 1.53. The summed E-state index contributed by atoms with van der Waals surface area (Å²) in [6, 6.07) is 15.7. The Bertz CT molecular complexity index is 1100. The van der Waals surface area contributed by atoms with E-state index in [1.165, 1.54) is 0 Å². The Morgan fingerprint density at radius 1 is 1.11 bits per heavy atom. The summed E-state index contributed by atoms with van der Waals surface area (Å²) in [7, 11) is 1.92. The van der Waals surface area contributed by atoms with Crippen LogP contribution in [0.3, 0.4) is 0 Å². The molecule has 2 aromatic carbocycles. The summed E-state index contributed by atoms with van der Waals surface area (Å²) >= 11 is 1.62. The minimum atomic E-state index is 0.146. The van der Waals surface area contributed by atoms with Crippen LogP contribution in [-0.4, -0.2) is 29.8 Å². The van der Waals surface area contributed by atoms with Gasteiger partial charge in [-0.1, -0.05) is 47.3 Å². The van der Waals surface area contributed by atoms with Gasteiger partial charge in [-0.05, 0) is 29.3 Å². The van der Waals surface area contributed by atoms with Crippen LogP contribution in [0.25, 0.3) is 16.9 Å². The fourth-order valence-electron chi connectivity index (χ4n) is 2.75. The van der Waals surface area contributed by atoms with Gasteiger partial charge >= 0.3 is 0 Å². The SMILES string of the molecule is Cn1cnnc1SCc1cccc(-n2ncc(-c3cccc(CN=O)c3)n2)c1. The van der Waals surface area contributed by atoms with Crippen molar-refractivity contribution in [3.63, 3.8) is 0 Å². The molecule has 8 nitrogen and oxygen atoms in total. The molecule has 0 N–H and O–H groups in total. The number of aryl methyl sites for hydroxylation is 1. The number of rotatable bonds is 7. The number of nitrogens with zero attached hydrogens (tertiary/aromatic N) is 7. The molecule has 0 radical (unpaired) electrons. The summed E-state index contributed by atoms with van der Waals surface area (Å²) in [4.78, 5) is 12.1. The number of thioether (sulfide) groups is 1. The highest BCUT2D eigenvalue weighted by molar-refractivity contribution is 7.98. The highest BCUT2D eigenvalue weighted by Gasteiger charge is 2.08. The van der Waals surface area contributed by atoms with E-state index < -0.39 is 0 Å². The van der Waals surface area contributed by atoms with Gasteiger partial charge in [0, 0.05) is 18.4 Å². The quantitative estimate of drug-likeness (QED) is 0.353. The van der Waals surface area contributed by atoms with E-state index in [4.69, 9.17) is 0 Å². The molecule has 0 amide bonds. The lowest BCUT2D eigenvalue weighted by atomic mass is 10.1. The van der Waals surface area contributed by atoms with Crippen LogP contribution in [0.4, 0.5) is 0 Å². The molecule has 0 aliphatic heterocycles. The van der Waals surface area contributed by atoms with E-state index in [1.54, 1.807) is 29.1 Å². The Morgan fingerprint density at radius 2 is 1.96 bits per heavy atom. The van der Waals surface area contributed by atoms with Crippen molar-refractivity contribution in [1.29, 1.82) is 0 Å². The maximum atomic E-state index is 10.5. The molecule has 0 unspecified atom stereocenters. The topological polar surface area (TPSA) is 90.9 Å². The molecule has 2 aromatic heterocycles. The van der Waals surface area contributed by atoms with Crippen molar-refractivity contribution in [2.24, 2.45) is 12.2 Å². The summed E-state index contributed by atoms with van der Waals surface area (Å²) in [5, 5.41) is 20.8. The predicted molar refractivity (Wildman–Crippen MR) is 107 cm³/mol. The molecule has 0 saturated heterocycles. The first kappa shape index (κ1) is 18.1. The van der Waals surface area contributed by atoms with Crippen LogP contribution in [0.2, 0.25) is 0 Å².